The van der Waals surface area contributed by atoms with Crippen molar-refractivity contribution in [1.82, 2.24) is 16.0 Å². The van der Waals surface area contributed by atoms with Gasteiger partial charge in [-0.3, -0.25) is 10.1 Å². The summed E-state index contributed by atoms with van der Waals surface area (Å²) in [5.74, 6) is -0.0793. The molecule has 10 nitrogen and oxygen atoms in total. The zero-order valence-corrected chi connectivity index (χ0v) is 27.2. The summed E-state index contributed by atoms with van der Waals surface area (Å²) < 4.78 is 28.8. The van der Waals surface area contributed by atoms with Gasteiger partial charge < -0.3 is 34.3 Å². The van der Waals surface area contributed by atoms with Crippen molar-refractivity contribution in [3.63, 3.8) is 0 Å². The third-order valence-electron chi connectivity index (χ3n) is 8.54. The van der Waals surface area contributed by atoms with Crippen molar-refractivity contribution in [3.8, 4) is 0 Å². The van der Waals surface area contributed by atoms with Crippen LogP contribution in [0, 0.1) is 5.41 Å². The summed E-state index contributed by atoms with van der Waals surface area (Å²) >= 11 is 0. The van der Waals surface area contributed by atoms with E-state index in [0.717, 1.165) is 29.5 Å². The molecule has 0 bridgehead atoms. The fraction of sp³-hybridized carbons (Fsp3) is 0.459. The molecule has 3 aromatic carbocycles. The summed E-state index contributed by atoms with van der Waals surface area (Å²) in [4.78, 5) is 24.5. The van der Waals surface area contributed by atoms with Gasteiger partial charge in [0.2, 0.25) is 5.91 Å². The van der Waals surface area contributed by atoms with Gasteiger partial charge in [0.1, 0.15) is 0 Å². The molecule has 2 fully saturated rings. The number of ether oxygens (including phenoxy) is 5. The molecule has 1 spiro atoms. The lowest BCUT2D eigenvalue weighted by atomic mass is 9.77. The number of carbonyl (C=O) groups excluding carboxylic acids is 2. The number of amides is 2. The van der Waals surface area contributed by atoms with E-state index in [1.54, 1.807) is 6.92 Å². The van der Waals surface area contributed by atoms with Gasteiger partial charge in [0, 0.05) is 25.9 Å². The van der Waals surface area contributed by atoms with Crippen LogP contribution in [0.25, 0.3) is 0 Å². The first-order valence-electron chi connectivity index (χ1n) is 16.6. The van der Waals surface area contributed by atoms with Crippen molar-refractivity contribution in [2.45, 2.75) is 50.7 Å². The summed E-state index contributed by atoms with van der Waals surface area (Å²) in [7, 11) is 0. The van der Waals surface area contributed by atoms with E-state index in [-0.39, 0.29) is 30.4 Å². The Morgan fingerprint density at radius 1 is 0.702 bits per heavy atom. The molecule has 0 saturated carbocycles. The van der Waals surface area contributed by atoms with Crippen LogP contribution in [0.5, 0.6) is 0 Å². The predicted octanol–water partition coefficient (Wildman–Crippen LogP) is 4.72. The highest BCUT2D eigenvalue weighted by Gasteiger charge is 2.42. The normalized spacial score (nSPS) is 21.2. The molecule has 2 amide bonds. The van der Waals surface area contributed by atoms with Crippen LogP contribution in [-0.4, -0.2) is 77.2 Å². The molecule has 0 unspecified atom stereocenters. The molecule has 10 heteroatoms. The summed E-state index contributed by atoms with van der Waals surface area (Å²) in [5.41, 5.74) is 2.15. The Hall–Kier alpha value is -3.80. The number of alkyl carbamates (subject to hydrolysis) is 1. The van der Waals surface area contributed by atoms with E-state index < -0.39 is 11.6 Å². The van der Waals surface area contributed by atoms with Gasteiger partial charge in [-0.2, -0.15) is 0 Å². The molecule has 0 radical (unpaired) electrons. The molecule has 47 heavy (non-hydrogen) atoms. The largest absolute Gasteiger partial charge is 0.450 e. The molecule has 252 valence electrons. The molecule has 2 aliphatic heterocycles. The Morgan fingerprint density at radius 2 is 1.13 bits per heavy atom. The smallest absolute Gasteiger partial charge is 0.407 e. The van der Waals surface area contributed by atoms with Crippen molar-refractivity contribution < 1.29 is 33.3 Å². The minimum absolute atomic E-state index is 0.0793. The topological polar surface area (TPSA) is 116 Å². The van der Waals surface area contributed by atoms with E-state index in [1.165, 1.54) is 0 Å². The molecule has 3 aromatic rings. The summed E-state index contributed by atoms with van der Waals surface area (Å²) in [6.45, 7) is 5.26. The molecule has 0 atom stereocenters. The van der Waals surface area contributed by atoms with Crippen molar-refractivity contribution in [3.05, 3.63) is 108 Å². The lowest BCUT2D eigenvalue weighted by molar-refractivity contribution is -0.304. The Balaban J connectivity index is 1.04. The van der Waals surface area contributed by atoms with Crippen LogP contribution < -0.4 is 16.0 Å². The van der Waals surface area contributed by atoms with E-state index >= 15 is 0 Å². The lowest BCUT2D eigenvalue weighted by Gasteiger charge is -2.43. The predicted molar refractivity (Wildman–Crippen MR) is 178 cm³/mol. The molecule has 3 N–H and O–H groups in total. The number of hydrogen-bond donors (Lipinski definition) is 3. The first-order valence-corrected chi connectivity index (χ1v) is 16.6. The van der Waals surface area contributed by atoms with Crippen molar-refractivity contribution >= 4 is 12.0 Å². The third-order valence-corrected chi connectivity index (χ3v) is 8.54. The highest BCUT2D eigenvalue weighted by atomic mass is 16.7. The fourth-order valence-corrected chi connectivity index (χ4v) is 6.04. The number of carbonyl (C=O) groups is 2. The maximum atomic E-state index is 13.1. The quantitative estimate of drug-likeness (QED) is 0.161. The highest BCUT2D eigenvalue weighted by molar-refractivity contribution is 5.78. The third kappa shape index (κ3) is 9.39. The van der Waals surface area contributed by atoms with E-state index in [0.29, 0.717) is 59.0 Å². The van der Waals surface area contributed by atoms with Gasteiger partial charge in [0.05, 0.1) is 50.5 Å². The van der Waals surface area contributed by atoms with E-state index in [4.69, 9.17) is 23.7 Å². The Morgan fingerprint density at radius 3 is 1.55 bits per heavy atom. The van der Waals surface area contributed by atoms with Crippen LogP contribution in [0.15, 0.2) is 91.0 Å². The van der Waals surface area contributed by atoms with Crippen molar-refractivity contribution in [1.29, 1.82) is 0 Å². The van der Waals surface area contributed by atoms with Crippen LogP contribution in [0.4, 0.5) is 4.79 Å². The van der Waals surface area contributed by atoms with Gasteiger partial charge in [-0.05, 0) is 36.5 Å². The van der Waals surface area contributed by atoms with Gasteiger partial charge in [0.25, 0.3) is 0 Å². The number of nitrogens with one attached hydrogen (secondary N) is 3. The van der Waals surface area contributed by atoms with Crippen LogP contribution in [-0.2, 0) is 34.0 Å². The first kappa shape index (κ1) is 34.5. The molecule has 2 saturated heterocycles. The second-order valence-electron chi connectivity index (χ2n) is 12.1. The zero-order chi connectivity index (χ0) is 32.8. The Kier molecular flexibility index (Phi) is 12.8. The zero-order valence-electron chi connectivity index (χ0n) is 27.2. The molecular weight excluding hydrogens is 598 g/mol. The molecule has 5 rings (SSSR count). The number of rotatable bonds is 15. The fourth-order valence-electron chi connectivity index (χ4n) is 6.04. The second kappa shape index (κ2) is 17.4. The SMILES string of the molecule is CCOC(=O)NCCCC1OCC2(COC(CCCNC(=O)CNC(c3ccccc3)(c3ccccc3)c3ccccc3)OC2)CO1. The van der Waals surface area contributed by atoms with Crippen molar-refractivity contribution in [2.75, 3.05) is 52.7 Å². The maximum Gasteiger partial charge on any atom is 0.407 e. The average Bonchev–Trinajstić information content (AvgIpc) is 3.12. The summed E-state index contributed by atoms with van der Waals surface area (Å²) in [6.07, 6.45) is 1.76. The number of hydrogen-bond acceptors (Lipinski definition) is 8. The van der Waals surface area contributed by atoms with Crippen LogP contribution in [0.1, 0.15) is 49.3 Å². The average molecular weight is 646 g/mol. The maximum absolute atomic E-state index is 13.1. The van der Waals surface area contributed by atoms with Gasteiger partial charge in [-0.25, -0.2) is 4.79 Å². The minimum atomic E-state index is -0.700. The Bertz CT molecular complexity index is 1260. The van der Waals surface area contributed by atoms with Crippen LogP contribution in [0.2, 0.25) is 0 Å². The molecular formula is C37H47N3O7. The van der Waals surface area contributed by atoms with Gasteiger partial charge >= 0.3 is 6.09 Å². The second-order valence-corrected chi connectivity index (χ2v) is 12.1. The molecule has 2 aliphatic rings. The van der Waals surface area contributed by atoms with E-state index in [9.17, 15) is 9.59 Å². The van der Waals surface area contributed by atoms with Crippen molar-refractivity contribution in [2.24, 2.45) is 5.41 Å². The Labute approximate surface area is 277 Å². The van der Waals surface area contributed by atoms with Crippen LogP contribution in [0.3, 0.4) is 0 Å². The molecule has 0 aromatic heterocycles. The van der Waals surface area contributed by atoms with E-state index in [1.807, 2.05) is 54.6 Å². The first-order chi connectivity index (χ1) is 23.0. The van der Waals surface area contributed by atoms with Crippen LogP contribution >= 0.6 is 0 Å². The number of benzene rings is 3. The molecule has 2 heterocycles. The molecule has 0 aliphatic carbocycles. The van der Waals surface area contributed by atoms with Gasteiger partial charge in [-0.15, -0.1) is 0 Å². The van der Waals surface area contributed by atoms with E-state index in [2.05, 4.69) is 52.3 Å². The monoisotopic (exact) mass is 645 g/mol. The van der Waals surface area contributed by atoms with Gasteiger partial charge in [0.15, 0.2) is 12.6 Å². The summed E-state index contributed by atoms with van der Waals surface area (Å²) in [6, 6.07) is 30.7. The highest BCUT2D eigenvalue weighted by Crippen LogP contribution is 2.36. The van der Waals surface area contributed by atoms with Gasteiger partial charge in [-0.1, -0.05) is 91.0 Å². The minimum Gasteiger partial charge on any atom is -0.450 e. The summed E-state index contributed by atoms with van der Waals surface area (Å²) in [5, 5.41) is 9.39. The lowest BCUT2D eigenvalue weighted by Crippen LogP contribution is -2.52. The standard InChI is InChI=1S/C37H47N3O7/c1-2-43-35(42)39-23-13-21-34-46-27-36(28-47-34)25-44-33(45-26-36)20-12-22-38-32(41)24-40-37(29-14-6-3-7-15-29,30-16-8-4-9-17-30)31-18-10-5-11-19-31/h3-11,14-19,33-34,40H,2,12-13,20-28H2,1H3,(H,38,41)(H,39,42).